The first-order chi connectivity index (χ1) is 17.8. The molecule has 7 atom stereocenters. The summed E-state index contributed by atoms with van der Waals surface area (Å²) in [6.45, 7) is 19.9. The van der Waals surface area contributed by atoms with Gasteiger partial charge in [-0.1, -0.05) is 64.3 Å². The highest BCUT2D eigenvalue weighted by Crippen LogP contribution is 2.72. The van der Waals surface area contributed by atoms with E-state index in [-0.39, 0.29) is 16.9 Å². The van der Waals surface area contributed by atoms with Gasteiger partial charge in [-0.15, -0.1) is 0 Å². The van der Waals surface area contributed by atoms with Crippen LogP contribution in [0.4, 0.5) is 0 Å². The Morgan fingerprint density at radius 3 is 2.53 bits per heavy atom. The van der Waals surface area contributed by atoms with Gasteiger partial charge in [-0.05, 0) is 124 Å². The van der Waals surface area contributed by atoms with Crippen molar-refractivity contribution in [2.24, 2.45) is 39.4 Å². The van der Waals surface area contributed by atoms with Gasteiger partial charge in [0.2, 0.25) is 0 Å². The lowest BCUT2D eigenvalue weighted by Crippen LogP contribution is -2.56. The summed E-state index contributed by atoms with van der Waals surface area (Å²) in [7, 11) is 0. The Balaban J connectivity index is 1.39. The number of rotatable bonds is 5. The molecule has 2 fully saturated rings. The lowest BCUT2D eigenvalue weighted by atomic mass is 9.43. The molecule has 3 nitrogen and oxygen atoms in total. The van der Waals surface area contributed by atoms with Crippen molar-refractivity contribution in [2.75, 3.05) is 0 Å². The van der Waals surface area contributed by atoms with E-state index in [4.69, 9.17) is 17.0 Å². The van der Waals surface area contributed by atoms with Gasteiger partial charge < -0.3 is 4.74 Å². The summed E-state index contributed by atoms with van der Waals surface area (Å²) >= 11 is 5.66. The number of nitrogens with zero attached hydrogens (tertiary/aromatic N) is 2. The van der Waals surface area contributed by atoms with Crippen LogP contribution in [0.25, 0.3) is 0 Å². The molecule has 2 saturated carbocycles. The first-order valence-corrected chi connectivity index (χ1v) is 15.8. The van der Waals surface area contributed by atoms with Crippen LogP contribution in [0.15, 0.2) is 41.5 Å². The van der Waals surface area contributed by atoms with Crippen LogP contribution in [0.1, 0.15) is 120 Å². The van der Waals surface area contributed by atoms with Crippen LogP contribution in [0, 0.1) is 39.4 Å². The largest absolute Gasteiger partial charge is 0.467 e. The van der Waals surface area contributed by atoms with Gasteiger partial charge in [-0.3, -0.25) is 4.57 Å². The smallest absolute Gasteiger partial charge is 0.269 e. The Morgan fingerprint density at radius 2 is 1.84 bits per heavy atom. The Morgan fingerprint density at radius 1 is 1.08 bits per heavy atom. The average Bonchev–Trinajstić information content (AvgIpc) is 3.47. The minimum Gasteiger partial charge on any atom is -0.467 e. The maximum atomic E-state index is 6.51. The van der Waals surface area contributed by atoms with E-state index >= 15 is 0 Å². The number of hydrogen-bond acceptors (Lipinski definition) is 3. The molecule has 5 rings (SSSR count). The molecule has 4 heteroatoms. The van der Waals surface area contributed by atoms with Crippen molar-refractivity contribution in [3.63, 3.8) is 0 Å². The predicted octanol–water partition coefficient (Wildman–Crippen LogP) is 9.53. The van der Waals surface area contributed by atoms with Crippen molar-refractivity contribution in [3.8, 4) is 0 Å². The van der Waals surface area contributed by atoms with E-state index in [9.17, 15) is 0 Å². The summed E-state index contributed by atoms with van der Waals surface area (Å²) in [6.07, 6.45) is 20.9. The number of allylic oxidation sites excluding steroid dienone is 4. The van der Waals surface area contributed by atoms with Crippen molar-refractivity contribution >= 4 is 17.4 Å². The molecular weight excluding hydrogens is 484 g/mol. The molecule has 0 aliphatic heterocycles. The third-order valence-corrected chi connectivity index (χ3v) is 12.9. The number of fused-ring (bicyclic) bond motifs is 4. The van der Waals surface area contributed by atoms with Gasteiger partial charge in [0, 0.05) is 17.8 Å². The molecule has 0 aromatic carbocycles. The van der Waals surface area contributed by atoms with Crippen LogP contribution in [-0.2, 0) is 4.74 Å². The van der Waals surface area contributed by atoms with Crippen molar-refractivity contribution in [1.82, 2.24) is 9.55 Å². The molecule has 210 valence electrons. The molecule has 1 aromatic heterocycles. The maximum absolute atomic E-state index is 6.51. The third kappa shape index (κ3) is 4.27. The molecule has 1 heterocycles. The summed E-state index contributed by atoms with van der Waals surface area (Å²) in [4.78, 5) is 4.16. The van der Waals surface area contributed by atoms with Crippen LogP contribution in [0.2, 0.25) is 0 Å². The average molecular weight is 537 g/mol. The standard InChI is InChI=1S/C34H52N2OS/c1-23(2)10-9-11-24(3)25-14-18-34(8)27-12-13-28-31(4,5)29(37-30(38)36-21-20-35-22-36)16-17-32(28,6)26(27)15-19-33(25,34)7/h10,20-22,24-25,28-29H,9,11-19H2,1-8H3/t24-,25-,28?,29+,32-,33-,34+/m1/s1. The number of aromatic nitrogens is 2. The fourth-order valence-electron chi connectivity index (χ4n) is 10.2. The molecule has 1 unspecified atom stereocenters. The van der Waals surface area contributed by atoms with E-state index in [0.29, 0.717) is 21.9 Å². The Kier molecular flexibility index (Phi) is 7.32. The second-order valence-corrected chi connectivity index (χ2v) is 15.2. The Hall–Kier alpha value is -1.42. The third-order valence-electron chi connectivity index (χ3n) is 12.6. The van der Waals surface area contributed by atoms with Crippen molar-refractivity contribution < 1.29 is 4.74 Å². The SMILES string of the molecule is CC(C)=CCC[C@@H](C)[C@H]1CC[C@@]2(C)C3=C(CC[C@]12C)[C@@]1(C)CC[C@H](OC(=S)n2ccnc2)C(C)(C)C1CC3. The molecule has 4 aliphatic rings. The molecular formula is C34H52N2OS. The van der Waals surface area contributed by atoms with Crippen LogP contribution in [-0.4, -0.2) is 20.8 Å². The van der Waals surface area contributed by atoms with Gasteiger partial charge in [0.1, 0.15) is 12.4 Å². The molecule has 38 heavy (non-hydrogen) atoms. The minimum absolute atomic E-state index is 0.0788. The number of ether oxygens (including phenoxy) is 1. The first kappa shape index (κ1) is 28.1. The van der Waals surface area contributed by atoms with Crippen molar-refractivity contribution in [1.29, 1.82) is 0 Å². The monoisotopic (exact) mass is 536 g/mol. The van der Waals surface area contributed by atoms with Gasteiger partial charge in [0.05, 0.1) is 0 Å². The van der Waals surface area contributed by atoms with Crippen molar-refractivity contribution in [2.45, 2.75) is 126 Å². The predicted molar refractivity (Wildman–Crippen MR) is 162 cm³/mol. The van der Waals surface area contributed by atoms with Gasteiger partial charge >= 0.3 is 0 Å². The lowest BCUT2D eigenvalue weighted by molar-refractivity contribution is -0.0902. The Labute approximate surface area is 237 Å². The molecule has 0 N–H and O–H groups in total. The summed E-state index contributed by atoms with van der Waals surface area (Å²) < 4.78 is 8.34. The zero-order valence-electron chi connectivity index (χ0n) is 25.4. The topological polar surface area (TPSA) is 27.1 Å². The van der Waals surface area contributed by atoms with E-state index in [0.717, 1.165) is 18.3 Å². The number of thiocarbonyl (C=S) groups is 1. The van der Waals surface area contributed by atoms with Gasteiger partial charge in [0.15, 0.2) is 0 Å². The normalized spacial score (nSPS) is 38.6. The summed E-state index contributed by atoms with van der Waals surface area (Å²) in [5, 5.41) is 0.538. The van der Waals surface area contributed by atoms with Gasteiger partial charge in [-0.25, -0.2) is 4.98 Å². The molecule has 0 spiro atoms. The zero-order chi connectivity index (χ0) is 27.5. The fraction of sp³-hybridized carbons (Fsp3) is 0.765. The van der Waals surface area contributed by atoms with Gasteiger partial charge in [-0.2, -0.15) is 0 Å². The van der Waals surface area contributed by atoms with E-state index < -0.39 is 0 Å². The molecule has 0 bridgehead atoms. The van der Waals surface area contributed by atoms with Crippen LogP contribution < -0.4 is 0 Å². The second kappa shape index (κ2) is 9.89. The van der Waals surface area contributed by atoms with E-state index in [1.54, 1.807) is 12.5 Å². The van der Waals surface area contributed by atoms with E-state index in [1.807, 2.05) is 21.9 Å². The number of imidazole rings is 1. The molecule has 0 amide bonds. The zero-order valence-corrected chi connectivity index (χ0v) is 26.2. The van der Waals surface area contributed by atoms with Crippen LogP contribution in [0.3, 0.4) is 0 Å². The minimum atomic E-state index is 0.0788. The molecule has 4 aliphatic carbocycles. The summed E-state index contributed by atoms with van der Waals surface area (Å²) in [5.41, 5.74) is 6.36. The Bertz CT molecular complexity index is 1110. The highest BCUT2D eigenvalue weighted by atomic mass is 32.1. The van der Waals surface area contributed by atoms with Crippen molar-refractivity contribution in [3.05, 3.63) is 41.5 Å². The maximum Gasteiger partial charge on any atom is 0.269 e. The summed E-state index contributed by atoms with van der Waals surface area (Å²) in [6, 6.07) is 0. The first-order valence-electron chi connectivity index (χ1n) is 15.4. The number of hydrogen-bond donors (Lipinski definition) is 0. The molecule has 0 radical (unpaired) electrons. The fourth-order valence-corrected chi connectivity index (χ4v) is 10.4. The van der Waals surface area contributed by atoms with E-state index in [1.165, 1.54) is 63.4 Å². The molecule has 0 saturated heterocycles. The van der Waals surface area contributed by atoms with Crippen LogP contribution in [0.5, 0.6) is 0 Å². The quantitative estimate of drug-likeness (QED) is 0.277. The molecule has 1 aromatic rings. The second-order valence-electron chi connectivity index (χ2n) is 14.9. The summed E-state index contributed by atoms with van der Waals surface area (Å²) in [5.74, 6) is 2.28. The highest BCUT2D eigenvalue weighted by Gasteiger charge is 2.63. The van der Waals surface area contributed by atoms with E-state index in [2.05, 4.69) is 66.4 Å². The lowest BCUT2D eigenvalue weighted by Gasteiger charge is -2.62. The van der Waals surface area contributed by atoms with Crippen LogP contribution >= 0.6 is 12.2 Å². The van der Waals surface area contributed by atoms with Gasteiger partial charge in [0.25, 0.3) is 5.17 Å². The highest BCUT2D eigenvalue weighted by molar-refractivity contribution is 7.80.